The van der Waals surface area contributed by atoms with E-state index in [2.05, 4.69) is 126 Å². The van der Waals surface area contributed by atoms with Gasteiger partial charge in [0.2, 0.25) is 0 Å². The van der Waals surface area contributed by atoms with Crippen LogP contribution in [0.4, 0.5) is 0 Å². The molecule has 4 heterocycles. The van der Waals surface area contributed by atoms with Crippen molar-refractivity contribution in [1.82, 2.24) is 14.5 Å². The summed E-state index contributed by atoms with van der Waals surface area (Å²) in [6, 6.07) is 49.3. The van der Waals surface area contributed by atoms with Crippen molar-refractivity contribution in [2.75, 3.05) is 0 Å². The summed E-state index contributed by atoms with van der Waals surface area (Å²) in [6.07, 6.45) is 0. The number of rotatable bonds is 2. The molecule has 47 heavy (non-hydrogen) atoms. The number of nitrogens with zero attached hydrogens (tertiary/aromatic N) is 3. The van der Waals surface area contributed by atoms with Gasteiger partial charge in [0, 0.05) is 47.3 Å². The predicted octanol–water partition coefficient (Wildman–Crippen LogP) is 11.8. The summed E-state index contributed by atoms with van der Waals surface area (Å²) in [6.45, 7) is 0. The Balaban J connectivity index is 1.38. The van der Waals surface area contributed by atoms with Crippen LogP contribution >= 0.6 is 11.3 Å². The maximum Gasteiger partial charge on any atom is 0.197 e. The lowest BCUT2D eigenvalue weighted by Crippen LogP contribution is -2.02. The Labute approximate surface area is 271 Å². The third-order valence-electron chi connectivity index (χ3n) is 9.57. The van der Waals surface area contributed by atoms with Gasteiger partial charge in [-0.2, -0.15) is 0 Å². The molecule has 0 N–H and O–H groups in total. The molecule has 0 amide bonds. The topological polar surface area (TPSA) is 43.9 Å². The molecule has 0 aliphatic heterocycles. The van der Waals surface area contributed by atoms with Gasteiger partial charge in [0.05, 0.1) is 11.0 Å². The minimum Gasteiger partial charge on any atom is -0.450 e. The van der Waals surface area contributed by atoms with E-state index < -0.39 is 0 Å². The Morgan fingerprint density at radius 3 is 2.15 bits per heavy atom. The molecular weight excluding hydrogens is 595 g/mol. The first kappa shape index (κ1) is 25.2. The zero-order chi connectivity index (χ0) is 30.6. The van der Waals surface area contributed by atoms with E-state index in [9.17, 15) is 0 Å². The molecule has 4 aromatic heterocycles. The van der Waals surface area contributed by atoms with Crippen LogP contribution in [0.3, 0.4) is 0 Å². The molecule has 0 aliphatic carbocycles. The Kier molecular flexibility index (Phi) is 4.96. The van der Waals surface area contributed by atoms with Crippen LogP contribution in [-0.4, -0.2) is 14.5 Å². The molecule has 0 atom stereocenters. The molecular formula is C42H23N3OS. The van der Waals surface area contributed by atoms with E-state index in [0.717, 1.165) is 44.3 Å². The highest BCUT2D eigenvalue weighted by Gasteiger charge is 2.26. The Bertz CT molecular complexity index is 3090. The van der Waals surface area contributed by atoms with Crippen LogP contribution in [0.15, 0.2) is 144 Å². The average Bonchev–Trinajstić information content (AvgIpc) is 3.81. The zero-order valence-electron chi connectivity index (χ0n) is 24.9. The van der Waals surface area contributed by atoms with Crippen LogP contribution < -0.4 is 0 Å². The molecule has 0 fully saturated rings. The van der Waals surface area contributed by atoms with Gasteiger partial charge in [-0.3, -0.25) is 4.57 Å². The summed E-state index contributed by atoms with van der Waals surface area (Å²) in [5.41, 5.74) is 5.48. The molecule has 0 unspecified atom stereocenters. The Morgan fingerprint density at radius 2 is 1.26 bits per heavy atom. The first-order valence-corrected chi connectivity index (χ1v) is 16.6. The number of hydrogen-bond donors (Lipinski definition) is 0. The van der Waals surface area contributed by atoms with Crippen molar-refractivity contribution in [3.05, 3.63) is 140 Å². The number of para-hydroxylation sites is 2. The van der Waals surface area contributed by atoms with E-state index in [-0.39, 0.29) is 0 Å². The number of aromatic nitrogens is 3. The van der Waals surface area contributed by atoms with Crippen LogP contribution in [0, 0.1) is 0 Å². The monoisotopic (exact) mass is 617 g/mol. The fraction of sp³-hybridized carbons (Fsp3) is 0. The summed E-state index contributed by atoms with van der Waals surface area (Å²) in [7, 11) is 0. The summed E-state index contributed by atoms with van der Waals surface area (Å²) in [4.78, 5) is 10.6. The van der Waals surface area contributed by atoms with Gasteiger partial charge in [-0.1, -0.05) is 109 Å². The third kappa shape index (κ3) is 3.41. The average molecular weight is 618 g/mol. The predicted molar refractivity (Wildman–Crippen MR) is 197 cm³/mol. The van der Waals surface area contributed by atoms with Crippen molar-refractivity contribution in [2.24, 2.45) is 0 Å². The summed E-state index contributed by atoms with van der Waals surface area (Å²) in [5, 5.41) is 10.7. The van der Waals surface area contributed by atoms with E-state index in [4.69, 9.17) is 14.4 Å². The van der Waals surface area contributed by atoms with E-state index >= 15 is 0 Å². The minimum atomic E-state index is 0.669. The van der Waals surface area contributed by atoms with E-state index in [0.29, 0.717) is 11.4 Å². The maximum absolute atomic E-state index is 6.69. The van der Waals surface area contributed by atoms with Gasteiger partial charge >= 0.3 is 0 Å². The van der Waals surface area contributed by atoms with Crippen LogP contribution in [0.5, 0.6) is 0 Å². The van der Waals surface area contributed by atoms with Gasteiger partial charge in [-0.15, -0.1) is 11.3 Å². The summed E-state index contributed by atoms with van der Waals surface area (Å²) >= 11 is 1.86. The van der Waals surface area contributed by atoms with E-state index in [1.54, 1.807) is 0 Å². The van der Waals surface area contributed by atoms with Crippen molar-refractivity contribution in [3.8, 4) is 17.2 Å². The van der Waals surface area contributed by atoms with Crippen LogP contribution in [-0.2, 0) is 0 Å². The first-order valence-electron chi connectivity index (χ1n) is 15.8. The highest BCUT2D eigenvalue weighted by molar-refractivity contribution is 7.27. The quantitative estimate of drug-likeness (QED) is 0.194. The molecule has 0 bridgehead atoms. The van der Waals surface area contributed by atoms with Crippen LogP contribution in [0.25, 0.3) is 103 Å². The Hall–Kier alpha value is -6.04. The number of hydrogen-bond acceptors (Lipinski definition) is 4. The number of benzene rings is 7. The summed E-state index contributed by atoms with van der Waals surface area (Å²) in [5.74, 6) is 1.41. The lowest BCUT2D eigenvalue weighted by Gasteiger charge is -2.12. The molecule has 5 heteroatoms. The van der Waals surface area contributed by atoms with E-state index in [1.165, 1.54) is 47.1 Å². The highest BCUT2D eigenvalue weighted by atomic mass is 32.1. The second-order valence-electron chi connectivity index (χ2n) is 12.1. The molecule has 218 valence electrons. The van der Waals surface area contributed by atoms with Gasteiger partial charge < -0.3 is 4.42 Å². The number of furan rings is 1. The largest absolute Gasteiger partial charge is 0.450 e. The summed E-state index contributed by atoms with van der Waals surface area (Å²) < 4.78 is 11.6. The fourth-order valence-corrected chi connectivity index (χ4v) is 8.77. The number of thiophene rings is 1. The molecule has 7 aromatic carbocycles. The zero-order valence-corrected chi connectivity index (χ0v) is 25.8. The molecule has 0 aliphatic rings. The highest BCUT2D eigenvalue weighted by Crippen LogP contribution is 2.48. The SMILES string of the molecule is c1ccc2cc(-c3nc(-n4c5ccccc5c5c6ccccc6c6sc7ccccc7c6c54)c4oc5ccccc5c4n3)ccc2c1. The van der Waals surface area contributed by atoms with Crippen LogP contribution in [0.1, 0.15) is 0 Å². The lowest BCUT2D eigenvalue weighted by atomic mass is 10.00. The van der Waals surface area contributed by atoms with E-state index in [1.807, 2.05) is 29.5 Å². The van der Waals surface area contributed by atoms with Gasteiger partial charge in [0.25, 0.3) is 0 Å². The van der Waals surface area contributed by atoms with Gasteiger partial charge in [-0.25, -0.2) is 9.97 Å². The molecule has 0 radical (unpaired) electrons. The second-order valence-corrected chi connectivity index (χ2v) is 13.2. The van der Waals surface area contributed by atoms with Crippen molar-refractivity contribution in [3.63, 3.8) is 0 Å². The van der Waals surface area contributed by atoms with Crippen molar-refractivity contribution in [2.45, 2.75) is 0 Å². The number of fused-ring (bicyclic) bond motifs is 14. The maximum atomic E-state index is 6.69. The normalized spacial score (nSPS) is 12.3. The minimum absolute atomic E-state index is 0.669. The third-order valence-corrected chi connectivity index (χ3v) is 10.8. The van der Waals surface area contributed by atoms with Crippen molar-refractivity contribution < 1.29 is 4.42 Å². The molecule has 0 saturated carbocycles. The molecule has 0 spiro atoms. The van der Waals surface area contributed by atoms with Crippen molar-refractivity contribution in [1.29, 1.82) is 0 Å². The molecule has 0 saturated heterocycles. The van der Waals surface area contributed by atoms with Crippen LogP contribution in [0.2, 0.25) is 0 Å². The molecule has 11 aromatic rings. The fourth-order valence-electron chi connectivity index (χ4n) is 7.52. The van der Waals surface area contributed by atoms with Gasteiger partial charge in [-0.05, 0) is 46.5 Å². The smallest absolute Gasteiger partial charge is 0.197 e. The van der Waals surface area contributed by atoms with Crippen molar-refractivity contribution >= 4 is 96.9 Å². The molecule has 11 rings (SSSR count). The first-order chi connectivity index (χ1) is 23.3. The second kappa shape index (κ2) is 9.25. The van der Waals surface area contributed by atoms with Gasteiger partial charge in [0.1, 0.15) is 11.1 Å². The molecule has 4 nitrogen and oxygen atoms in total. The van der Waals surface area contributed by atoms with Gasteiger partial charge in [0.15, 0.2) is 17.2 Å². The standard InChI is InChI=1S/C42H23N3OS/c1-2-12-25-23-26(22-21-24(25)11-1)41-43-37-30-16-6-9-19-33(30)46-39(37)42(44-41)45-32-18-8-5-15-29(32)35-27-13-3-4-14-28(27)40-36(38(35)45)31-17-7-10-20-34(31)47-40/h1-23H. The Morgan fingerprint density at radius 1 is 0.553 bits per heavy atom. The lowest BCUT2D eigenvalue weighted by molar-refractivity contribution is 0.662.